The predicted octanol–water partition coefficient (Wildman–Crippen LogP) is 2.31. The largest absolute Gasteiger partial charge is 0.463 e. The van der Waals surface area contributed by atoms with Crippen LogP contribution >= 0.6 is 0 Å². The molecule has 19 heavy (non-hydrogen) atoms. The van der Waals surface area contributed by atoms with Gasteiger partial charge in [0.05, 0.1) is 13.4 Å². The Morgan fingerprint density at radius 3 is 2.84 bits per heavy atom. The standard InChI is InChI=1S/C14H16N2O3/c1-10(11-3-6-15-7-4-11)16-9-12-5-8-19-13(12)14(17)18-2/h3-8,10,16H,9H2,1-2H3. The van der Waals surface area contributed by atoms with Crippen LogP contribution < -0.4 is 5.32 Å². The molecule has 2 aromatic heterocycles. The highest BCUT2D eigenvalue weighted by molar-refractivity contribution is 5.87. The normalized spacial score (nSPS) is 12.1. The number of methoxy groups -OCH3 is 1. The molecule has 0 aliphatic rings. The van der Waals surface area contributed by atoms with Gasteiger partial charge in [-0.15, -0.1) is 0 Å². The monoisotopic (exact) mass is 260 g/mol. The molecule has 100 valence electrons. The van der Waals surface area contributed by atoms with E-state index in [0.717, 1.165) is 11.1 Å². The molecule has 0 saturated heterocycles. The number of carbonyl (C=O) groups is 1. The molecule has 0 aliphatic carbocycles. The first-order valence-corrected chi connectivity index (χ1v) is 6.00. The summed E-state index contributed by atoms with van der Waals surface area (Å²) >= 11 is 0. The number of carbonyl (C=O) groups excluding carboxylic acids is 1. The van der Waals surface area contributed by atoms with Crippen LogP contribution in [0.15, 0.2) is 41.3 Å². The molecule has 0 aliphatic heterocycles. The fourth-order valence-electron chi connectivity index (χ4n) is 1.78. The number of ether oxygens (including phenoxy) is 1. The van der Waals surface area contributed by atoms with Gasteiger partial charge in [-0.25, -0.2) is 4.79 Å². The van der Waals surface area contributed by atoms with Gasteiger partial charge >= 0.3 is 5.97 Å². The summed E-state index contributed by atoms with van der Waals surface area (Å²) in [6.07, 6.45) is 5.00. The molecule has 1 atom stereocenters. The second-order valence-corrected chi connectivity index (χ2v) is 4.15. The topological polar surface area (TPSA) is 64.4 Å². The first kappa shape index (κ1) is 13.3. The fourth-order valence-corrected chi connectivity index (χ4v) is 1.78. The van der Waals surface area contributed by atoms with E-state index in [0.29, 0.717) is 6.54 Å². The molecule has 2 aromatic rings. The number of esters is 1. The lowest BCUT2D eigenvalue weighted by Gasteiger charge is -2.13. The van der Waals surface area contributed by atoms with Crippen molar-refractivity contribution < 1.29 is 13.9 Å². The quantitative estimate of drug-likeness (QED) is 0.836. The maximum Gasteiger partial charge on any atom is 0.374 e. The predicted molar refractivity (Wildman–Crippen MR) is 69.5 cm³/mol. The molecule has 0 fully saturated rings. The van der Waals surface area contributed by atoms with Crippen LogP contribution in [0.1, 0.15) is 34.6 Å². The van der Waals surface area contributed by atoms with E-state index >= 15 is 0 Å². The van der Waals surface area contributed by atoms with E-state index in [1.54, 1.807) is 18.5 Å². The Labute approximate surface area is 111 Å². The molecule has 5 nitrogen and oxygen atoms in total. The molecule has 0 aromatic carbocycles. The van der Waals surface area contributed by atoms with Gasteiger partial charge in [-0.1, -0.05) is 0 Å². The summed E-state index contributed by atoms with van der Waals surface area (Å²) in [5, 5.41) is 3.33. The Hall–Kier alpha value is -2.14. The van der Waals surface area contributed by atoms with Crippen molar-refractivity contribution in [2.45, 2.75) is 19.5 Å². The van der Waals surface area contributed by atoms with Crippen LogP contribution in [0, 0.1) is 0 Å². The third kappa shape index (κ3) is 3.20. The Kier molecular flexibility index (Phi) is 4.30. The molecule has 1 N–H and O–H groups in total. The van der Waals surface area contributed by atoms with Gasteiger partial charge < -0.3 is 14.5 Å². The highest BCUT2D eigenvalue weighted by Gasteiger charge is 2.16. The number of hydrogen-bond acceptors (Lipinski definition) is 5. The van der Waals surface area contributed by atoms with Crippen molar-refractivity contribution in [2.24, 2.45) is 0 Å². The fraction of sp³-hybridized carbons (Fsp3) is 0.286. The van der Waals surface area contributed by atoms with Crippen LogP contribution in [-0.2, 0) is 11.3 Å². The van der Waals surface area contributed by atoms with Gasteiger partial charge in [0.2, 0.25) is 5.76 Å². The lowest BCUT2D eigenvalue weighted by Crippen LogP contribution is -2.19. The first-order valence-electron chi connectivity index (χ1n) is 6.00. The maximum atomic E-state index is 11.5. The van der Waals surface area contributed by atoms with E-state index in [-0.39, 0.29) is 11.8 Å². The SMILES string of the molecule is COC(=O)c1occc1CNC(C)c1ccncc1. The Bertz CT molecular complexity index is 537. The summed E-state index contributed by atoms with van der Waals surface area (Å²) in [6.45, 7) is 2.58. The minimum atomic E-state index is -0.460. The number of nitrogens with one attached hydrogen (secondary N) is 1. The minimum Gasteiger partial charge on any atom is -0.463 e. The molecule has 0 spiro atoms. The maximum absolute atomic E-state index is 11.5. The van der Waals surface area contributed by atoms with Crippen molar-refractivity contribution in [1.29, 1.82) is 0 Å². The number of furan rings is 1. The number of rotatable bonds is 5. The van der Waals surface area contributed by atoms with Crippen LogP contribution in [0.3, 0.4) is 0 Å². The molecule has 2 rings (SSSR count). The zero-order valence-electron chi connectivity index (χ0n) is 10.9. The van der Waals surface area contributed by atoms with Crippen molar-refractivity contribution in [2.75, 3.05) is 7.11 Å². The van der Waals surface area contributed by atoms with Crippen LogP contribution in [0.2, 0.25) is 0 Å². The summed E-state index contributed by atoms with van der Waals surface area (Å²) in [7, 11) is 1.33. The molecule has 5 heteroatoms. The molecule has 0 amide bonds. The molecular formula is C14H16N2O3. The summed E-state index contributed by atoms with van der Waals surface area (Å²) in [4.78, 5) is 15.4. The summed E-state index contributed by atoms with van der Waals surface area (Å²) in [5.74, 6) is -0.213. The van der Waals surface area contributed by atoms with E-state index in [1.165, 1.54) is 13.4 Å². The number of nitrogens with zero attached hydrogens (tertiary/aromatic N) is 1. The lowest BCUT2D eigenvalue weighted by molar-refractivity contribution is 0.0563. The van der Waals surface area contributed by atoms with Gasteiger partial charge in [-0.05, 0) is 30.7 Å². The van der Waals surface area contributed by atoms with Crippen molar-refractivity contribution in [3.05, 3.63) is 53.7 Å². The van der Waals surface area contributed by atoms with Gasteiger partial charge in [0, 0.05) is 30.5 Å². The summed E-state index contributed by atoms with van der Waals surface area (Å²) in [6, 6.07) is 5.82. The van der Waals surface area contributed by atoms with E-state index in [2.05, 4.69) is 15.0 Å². The van der Waals surface area contributed by atoms with Crippen molar-refractivity contribution in [1.82, 2.24) is 10.3 Å². The zero-order valence-corrected chi connectivity index (χ0v) is 10.9. The molecule has 0 bridgehead atoms. The summed E-state index contributed by atoms with van der Waals surface area (Å²) < 4.78 is 9.79. The van der Waals surface area contributed by atoms with Crippen LogP contribution in [0.25, 0.3) is 0 Å². The second-order valence-electron chi connectivity index (χ2n) is 4.15. The van der Waals surface area contributed by atoms with Crippen LogP contribution in [-0.4, -0.2) is 18.1 Å². The van der Waals surface area contributed by atoms with Crippen molar-refractivity contribution in [3.8, 4) is 0 Å². The molecular weight excluding hydrogens is 244 g/mol. The van der Waals surface area contributed by atoms with Crippen molar-refractivity contribution in [3.63, 3.8) is 0 Å². The molecule has 1 unspecified atom stereocenters. The Morgan fingerprint density at radius 2 is 2.16 bits per heavy atom. The van der Waals surface area contributed by atoms with E-state index in [9.17, 15) is 4.79 Å². The third-order valence-electron chi connectivity index (χ3n) is 2.92. The highest BCUT2D eigenvalue weighted by atomic mass is 16.5. The van der Waals surface area contributed by atoms with Gasteiger partial charge in [0.25, 0.3) is 0 Å². The smallest absolute Gasteiger partial charge is 0.374 e. The van der Waals surface area contributed by atoms with E-state index in [4.69, 9.17) is 4.42 Å². The second kappa shape index (κ2) is 6.15. The van der Waals surface area contributed by atoms with Gasteiger partial charge in [-0.3, -0.25) is 4.98 Å². The zero-order chi connectivity index (χ0) is 13.7. The molecule has 2 heterocycles. The van der Waals surface area contributed by atoms with Crippen LogP contribution in [0.4, 0.5) is 0 Å². The van der Waals surface area contributed by atoms with Crippen molar-refractivity contribution >= 4 is 5.97 Å². The number of aromatic nitrogens is 1. The minimum absolute atomic E-state index is 0.156. The first-order chi connectivity index (χ1) is 9.22. The van der Waals surface area contributed by atoms with Gasteiger partial charge in [0.1, 0.15) is 0 Å². The lowest BCUT2D eigenvalue weighted by atomic mass is 10.1. The average molecular weight is 260 g/mol. The molecule has 0 radical (unpaired) electrons. The molecule has 0 saturated carbocycles. The van der Waals surface area contributed by atoms with E-state index in [1.807, 2.05) is 19.1 Å². The van der Waals surface area contributed by atoms with E-state index < -0.39 is 5.97 Å². The Balaban J connectivity index is 2.00. The highest BCUT2D eigenvalue weighted by Crippen LogP contribution is 2.15. The van der Waals surface area contributed by atoms with Gasteiger partial charge in [0.15, 0.2) is 0 Å². The Morgan fingerprint density at radius 1 is 1.42 bits per heavy atom. The number of pyridine rings is 1. The van der Waals surface area contributed by atoms with Gasteiger partial charge in [-0.2, -0.15) is 0 Å². The average Bonchev–Trinajstić information content (AvgIpc) is 2.93. The summed E-state index contributed by atoms with van der Waals surface area (Å²) in [5.41, 5.74) is 1.92. The third-order valence-corrected chi connectivity index (χ3v) is 2.92. The van der Waals surface area contributed by atoms with Crippen LogP contribution in [0.5, 0.6) is 0 Å². The number of hydrogen-bond donors (Lipinski definition) is 1.